The van der Waals surface area contributed by atoms with E-state index in [4.69, 9.17) is 5.26 Å². The Bertz CT molecular complexity index is 1870. The molecule has 1 aromatic heterocycles. The summed E-state index contributed by atoms with van der Waals surface area (Å²) in [7, 11) is -4.45. The number of hydrogen-bond acceptors (Lipinski definition) is 6. The second kappa shape index (κ2) is 13.6. The number of nitrogens with zero attached hydrogens (tertiary/aromatic N) is 4. The third-order valence-corrected chi connectivity index (χ3v) is 8.25. The average molecular weight is 646 g/mol. The van der Waals surface area contributed by atoms with E-state index in [0.717, 1.165) is 0 Å². The van der Waals surface area contributed by atoms with Crippen LogP contribution in [0.5, 0.6) is 0 Å². The molecule has 1 fully saturated rings. The summed E-state index contributed by atoms with van der Waals surface area (Å²) < 4.78 is 88.2. The van der Waals surface area contributed by atoms with Crippen LogP contribution in [0.3, 0.4) is 0 Å². The average Bonchev–Trinajstić information content (AvgIpc) is 2.98. The predicted molar refractivity (Wildman–Crippen MR) is 165 cm³/mol. The highest BCUT2D eigenvalue weighted by atomic mass is 32.2. The number of halogens is 4. The van der Waals surface area contributed by atoms with Gasteiger partial charge in [-0.25, -0.2) is 36.0 Å². The van der Waals surface area contributed by atoms with Gasteiger partial charge < -0.3 is 10.6 Å². The molecular weight excluding hydrogens is 614 g/mol. The van der Waals surface area contributed by atoms with Gasteiger partial charge in [0.05, 0.1) is 29.0 Å². The van der Waals surface area contributed by atoms with Crippen molar-refractivity contribution < 1.29 is 26.0 Å². The Morgan fingerprint density at radius 1 is 1.18 bits per heavy atom. The van der Waals surface area contributed by atoms with Gasteiger partial charge in [-0.1, -0.05) is 12.1 Å². The maximum Gasteiger partial charge on any atom is 0.260 e. The van der Waals surface area contributed by atoms with Crippen LogP contribution in [0.25, 0.3) is 11.1 Å². The summed E-state index contributed by atoms with van der Waals surface area (Å²) in [6.45, 7) is 9.00. The second-order valence-corrected chi connectivity index (χ2v) is 12.5. The zero-order valence-electron chi connectivity index (χ0n) is 24.7. The van der Waals surface area contributed by atoms with Gasteiger partial charge in [0.2, 0.25) is 16.0 Å². The first-order valence-corrected chi connectivity index (χ1v) is 15.5. The van der Waals surface area contributed by atoms with E-state index < -0.39 is 68.3 Å². The van der Waals surface area contributed by atoms with Crippen LogP contribution in [-0.2, 0) is 15.8 Å². The fourth-order valence-electron chi connectivity index (χ4n) is 5.00. The summed E-state index contributed by atoms with van der Waals surface area (Å²) in [6, 6.07) is 8.25. The van der Waals surface area contributed by atoms with E-state index in [9.17, 15) is 17.6 Å². The smallest absolute Gasteiger partial charge is 0.260 e. The standard InChI is InChI=1S/C30H31F4N7O3S/c1-16(2)41-28(39-30(36-4)38-21-10-20(31)13-37-14-21)17(3)8-23(29(41)42)22-11-24(32)27(26(34)25(22)33)40-45(43,44)15-19-7-5-6-18(9-19)12-35/h5-9,11,16,20-21,37,40H,4,10,13-15H2,1-3H3,(H,38,39)/t20-,21-/m0/s1. The molecule has 4 rings (SSSR count). The molecule has 10 nitrogen and oxygen atoms in total. The van der Waals surface area contributed by atoms with Crippen LogP contribution < -0.4 is 20.9 Å². The van der Waals surface area contributed by atoms with Crippen LogP contribution >= 0.6 is 0 Å². The quantitative estimate of drug-likeness (QED) is 0.139. The highest BCUT2D eigenvalue weighted by molar-refractivity contribution is 7.91. The number of pyridine rings is 1. The van der Waals surface area contributed by atoms with Crippen LogP contribution in [-0.4, -0.2) is 51.0 Å². The number of aliphatic imine (C=N–C) groups is 2. The Balaban J connectivity index is 1.71. The highest BCUT2D eigenvalue weighted by Crippen LogP contribution is 2.33. The van der Waals surface area contributed by atoms with Crippen molar-refractivity contribution in [2.24, 2.45) is 9.98 Å². The summed E-state index contributed by atoms with van der Waals surface area (Å²) in [5.74, 6) is -5.46. The van der Waals surface area contributed by atoms with Gasteiger partial charge in [-0.3, -0.25) is 14.1 Å². The lowest BCUT2D eigenvalue weighted by Crippen LogP contribution is -2.40. The number of piperidine rings is 1. The van der Waals surface area contributed by atoms with Gasteiger partial charge >= 0.3 is 0 Å². The number of hydrogen-bond donors (Lipinski definition) is 3. The van der Waals surface area contributed by atoms with Crippen LogP contribution in [0.4, 0.5) is 29.1 Å². The van der Waals surface area contributed by atoms with Crippen molar-refractivity contribution in [1.29, 1.82) is 5.26 Å². The molecule has 0 spiro atoms. The number of benzene rings is 2. The molecule has 0 unspecified atom stereocenters. The number of alkyl halides is 1. The molecule has 0 aliphatic carbocycles. The van der Waals surface area contributed by atoms with E-state index in [-0.39, 0.29) is 41.4 Å². The lowest BCUT2D eigenvalue weighted by Gasteiger charge is -2.24. The molecule has 2 atom stereocenters. The highest BCUT2D eigenvalue weighted by Gasteiger charge is 2.27. The Morgan fingerprint density at radius 3 is 2.56 bits per heavy atom. The van der Waals surface area contributed by atoms with Crippen molar-refractivity contribution in [1.82, 2.24) is 9.88 Å². The molecule has 1 aliphatic heterocycles. The van der Waals surface area contributed by atoms with E-state index in [1.807, 2.05) is 6.07 Å². The van der Waals surface area contributed by atoms with Gasteiger partial charge in [0.1, 0.15) is 17.7 Å². The number of nitriles is 1. The molecule has 0 saturated carbocycles. The summed E-state index contributed by atoms with van der Waals surface area (Å²) in [5, 5.41) is 14.9. The van der Waals surface area contributed by atoms with E-state index in [1.165, 1.54) is 34.9 Å². The lowest BCUT2D eigenvalue weighted by atomic mass is 10.0. The Morgan fingerprint density at radius 2 is 1.91 bits per heavy atom. The number of aryl methyl sites for hydroxylation is 1. The molecule has 2 aromatic carbocycles. The number of aromatic nitrogens is 1. The third-order valence-electron chi connectivity index (χ3n) is 7.02. The zero-order valence-corrected chi connectivity index (χ0v) is 25.5. The van der Waals surface area contributed by atoms with E-state index in [1.54, 1.807) is 25.5 Å². The van der Waals surface area contributed by atoms with Crippen LogP contribution in [0, 0.1) is 35.7 Å². The molecule has 0 radical (unpaired) electrons. The minimum absolute atomic E-state index is 0.0137. The van der Waals surface area contributed by atoms with Crippen LogP contribution in [0.15, 0.2) is 51.2 Å². The van der Waals surface area contributed by atoms with Crippen molar-refractivity contribution in [3.63, 3.8) is 0 Å². The molecule has 238 valence electrons. The fourth-order valence-corrected chi connectivity index (χ4v) is 6.19. The molecule has 3 N–H and O–H groups in total. The summed E-state index contributed by atoms with van der Waals surface area (Å²) in [4.78, 5) is 21.9. The molecular formula is C30H31F4N7O3S. The van der Waals surface area contributed by atoms with Crippen LogP contribution in [0.2, 0.25) is 0 Å². The van der Waals surface area contributed by atoms with Gasteiger partial charge in [-0.05, 0) is 62.9 Å². The van der Waals surface area contributed by atoms with Gasteiger partial charge in [0, 0.05) is 31.1 Å². The summed E-state index contributed by atoms with van der Waals surface area (Å²) in [5.41, 5.74) is -2.47. The summed E-state index contributed by atoms with van der Waals surface area (Å²) >= 11 is 0. The summed E-state index contributed by atoms with van der Waals surface area (Å²) in [6.07, 6.45) is -0.924. The third kappa shape index (κ3) is 7.58. The number of nitrogens with one attached hydrogen (secondary N) is 3. The number of anilines is 2. The first kappa shape index (κ1) is 33.3. The van der Waals surface area contributed by atoms with Gasteiger partial charge in [-0.2, -0.15) is 5.26 Å². The molecule has 0 amide bonds. The van der Waals surface area contributed by atoms with E-state index in [0.29, 0.717) is 18.2 Å². The van der Waals surface area contributed by atoms with E-state index in [2.05, 4.69) is 27.3 Å². The normalized spacial score (nSPS) is 17.2. The van der Waals surface area contributed by atoms with Crippen molar-refractivity contribution in [2.45, 2.75) is 51.2 Å². The minimum Gasteiger partial charge on any atom is -0.312 e. The van der Waals surface area contributed by atoms with Gasteiger partial charge in [0.15, 0.2) is 17.5 Å². The fraction of sp³-hybridized carbons (Fsp3) is 0.333. The lowest BCUT2D eigenvalue weighted by molar-refractivity contribution is 0.249. The molecule has 0 bridgehead atoms. The Kier molecular flexibility index (Phi) is 10.1. The molecule has 3 aromatic rings. The molecule has 45 heavy (non-hydrogen) atoms. The maximum absolute atomic E-state index is 15.5. The number of guanidine groups is 1. The Labute approximate surface area is 257 Å². The monoisotopic (exact) mass is 645 g/mol. The number of rotatable bonds is 8. The van der Waals surface area contributed by atoms with Crippen molar-refractivity contribution in [3.05, 3.63) is 80.9 Å². The zero-order chi connectivity index (χ0) is 33.1. The van der Waals surface area contributed by atoms with Crippen molar-refractivity contribution >= 4 is 34.2 Å². The minimum atomic E-state index is -4.45. The first-order chi connectivity index (χ1) is 21.2. The van der Waals surface area contributed by atoms with Gasteiger partial charge in [-0.15, -0.1) is 0 Å². The first-order valence-electron chi connectivity index (χ1n) is 13.8. The largest absolute Gasteiger partial charge is 0.312 e. The Hall–Kier alpha value is -4.55. The molecule has 1 aliphatic rings. The van der Waals surface area contributed by atoms with Crippen LogP contribution in [0.1, 0.15) is 43.0 Å². The molecule has 1 saturated heterocycles. The topological polar surface area (TPSA) is 141 Å². The number of sulfonamides is 1. The SMILES string of the molecule is C=NC(=N[C@@H]1CNC[C@@H](F)C1)Nc1c(C)cc(-c2cc(F)c(NS(=O)(=O)Cc3cccc(C#N)c3)c(F)c2F)c(=O)n1C(C)C. The van der Waals surface area contributed by atoms with Crippen molar-refractivity contribution in [3.8, 4) is 17.2 Å². The van der Waals surface area contributed by atoms with Crippen molar-refractivity contribution in [2.75, 3.05) is 23.1 Å². The maximum atomic E-state index is 15.5. The predicted octanol–water partition coefficient (Wildman–Crippen LogP) is 4.80. The second-order valence-electron chi connectivity index (χ2n) is 10.8. The van der Waals surface area contributed by atoms with Gasteiger partial charge in [0.25, 0.3) is 5.56 Å². The van der Waals surface area contributed by atoms with E-state index >= 15 is 13.2 Å². The molecule has 15 heteroatoms. The molecule has 2 heterocycles.